The molecule has 0 aliphatic heterocycles. The summed E-state index contributed by atoms with van der Waals surface area (Å²) < 4.78 is 23.8. The van der Waals surface area contributed by atoms with E-state index in [0.717, 1.165) is 25.7 Å². The normalized spacial score (nSPS) is 12.0. The van der Waals surface area contributed by atoms with Crippen LogP contribution in [0.4, 0.5) is 10.1 Å². The first-order chi connectivity index (χ1) is 10.9. The molecule has 0 bridgehead atoms. The van der Waals surface area contributed by atoms with Gasteiger partial charge in [-0.25, -0.2) is 4.79 Å². The van der Waals surface area contributed by atoms with Gasteiger partial charge in [-0.05, 0) is 13.3 Å². The average Bonchev–Trinajstić information content (AvgIpc) is 2.53. The number of aromatic nitrogens is 1. The van der Waals surface area contributed by atoms with Crippen molar-refractivity contribution < 1.29 is 18.7 Å². The van der Waals surface area contributed by atoms with Crippen LogP contribution in [0, 0.1) is 5.95 Å². The monoisotopic (exact) mass is 366 g/mol. The summed E-state index contributed by atoms with van der Waals surface area (Å²) in [5.74, 6) is -1.88. The van der Waals surface area contributed by atoms with Crippen LogP contribution in [0.2, 0.25) is 10.0 Å². The Morgan fingerprint density at radius 2 is 1.91 bits per heavy atom. The number of carbonyl (C=O) groups excluding carboxylic acids is 1. The molecule has 0 fully saturated rings. The number of hydrogen-bond acceptors (Lipinski definition) is 5. The average molecular weight is 367 g/mol. The molecule has 8 heteroatoms. The number of halogens is 3. The molecule has 0 spiro atoms. The Balaban J connectivity index is 2.49. The third kappa shape index (κ3) is 6.03. The van der Waals surface area contributed by atoms with Gasteiger partial charge >= 0.3 is 5.97 Å². The second-order valence-electron chi connectivity index (χ2n) is 5.09. The van der Waals surface area contributed by atoms with Crippen LogP contribution in [0.15, 0.2) is 0 Å². The van der Waals surface area contributed by atoms with Crippen molar-refractivity contribution in [2.45, 2.75) is 52.1 Å². The maximum Gasteiger partial charge on any atom is 0.347 e. The van der Waals surface area contributed by atoms with E-state index in [4.69, 9.17) is 38.4 Å². The molecule has 1 heterocycles. The number of nitrogen functional groups attached to an aromatic ring is 1. The second-order valence-corrected chi connectivity index (χ2v) is 5.85. The lowest BCUT2D eigenvalue weighted by molar-refractivity contribution is -0.151. The first-order valence-corrected chi connectivity index (χ1v) is 8.27. The Bertz CT molecular complexity index is 544. The lowest BCUT2D eigenvalue weighted by Gasteiger charge is -2.15. The van der Waals surface area contributed by atoms with Gasteiger partial charge in [0.1, 0.15) is 10.0 Å². The number of ether oxygens (including phenoxy) is 2. The Hall–Kier alpha value is -1.27. The zero-order chi connectivity index (χ0) is 17.4. The van der Waals surface area contributed by atoms with Gasteiger partial charge < -0.3 is 15.2 Å². The summed E-state index contributed by atoms with van der Waals surface area (Å²) in [6.07, 6.45) is 4.24. The number of esters is 1. The third-order valence-electron chi connectivity index (χ3n) is 3.15. The van der Waals surface area contributed by atoms with Crippen LogP contribution in [-0.2, 0) is 9.53 Å². The van der Waals surface area contributed by atoms with Crippen molar-refractivity contribution in [1.82, 2.24) is 4.98 Å². The number of hydrogen-bond donors (Lipinski definition) is 1. The maximum absolute atomic E-state index is 13.4. The van der Waals surface area contributed by atoms with Gasteiger partial charge in [0, 0.05) is 0 Å². The topological polar surface area (TPSA) is 74.4 Å². The zero-order valence-electron chi connectivity index (χ0n) is 13.2. The van der Waals surface area contributed by atoms with Gasteiger partial charge in [0.25, 0.3) is 0 Å². The van der Waals surface area contributed by atoms with Crippen LogP contribution in [0.1, 0.15) is 46.0 Å². The molecule has 0 saturated heterocycles. The Labute approximate surface area is 145 Å². The first-order valence-electron chi connectivity index (χ1n) is 7.51. The van der Waals surface area contributed by atoms with E-state index in [2.05, 4.69) is 11.9 Å². The van der Waals surface area contributed by atoms with E-state index in [9.17, 15) is 9.18 Å². The molecule has 1 rings (SSSR count). The van der Waals surface area contributed by atoms with Gasteiger partial charge in [0.2, 0.25) is 11.8 Å². The van der Waals surface area contributed by atoms with Crippen molar-refractivity contribution in [1.29, 1.82) is 0 Å². The van der Waals surface area contributed by atoms with E-state index >= 15 is 0 Å². The number of carbonyl (C=O) groups is 1. The Morgan fingerprint density at radius 1 is 1.26 bits per heavy atom. The first kappa shape index (κ1) is 19.8. The van der Waals surface area contributed by atoms with Gasteiger partial charge in [-0.2, -0.15) is 9.37 Å². The highest BCUT2D eigenvalue weighted by Gasteiger charge is 2.22. The molecule has 130 valence electrons. The van der Waals surface area contributed by atoms with Crippen LogP contribution in [0.5, 0.6) is 5.88 Å². The lowest BCUT2D eigenvalue weighted by atomic mass is 10.2. The van der Waals surface area contributed by atoms with Crippen LogP contribution in [-0.4, -0.2) is 23.7 Å². The summed E-state index contributed by atoms with van der Waals surface area (Å²) in [6, 6.07) is 0. The molecule has 0 aromatic carbocycles. The van der Waals surface area contributed by atoms with Gasteiger partial charge in [-0.15, -0.1) is 0 Å². The molecule has 23 heavy (non-hydrogen) atoms. The highest BCUT2D eigenvalue weighted by molar-refractivity contribution is 6.39. The molecule has 5 nitrogen and oxygen atoms in total. The Kier molecular flexibility index (Phi) is 8.41. The largest absolute Gasteiger partial charge is 0.463 e. The van der Waals surface area contributed by atoms with Crippen molar-refractivity contribution in [3.8, 4) is 5.88 Å². The predicted octanol–water partition coefficient (Wildman–Crippen LogP) is 4.39. The van der Waals surface area contributed by atoms with E-state index in [0.29, 0.717) is 6.61 Å². The van der Waals surface area contributed by atoms with Crippen LogP contribution in [0.25, 0.3) is 0 Å². The molecule has 0 amide bonds. The second kappa shape index (κ2) is 9.78. The number of pyridine rings is 1. The third-order valence-corrected chi connectivity index (χ3v) is 3.88. The molecule has 2 N–H and O–H groups in total. The number of rotatable bonds is 9. The number of anilines is 1. The lowest BCUT2D eigenvalue weighted by Crippen LogP contribution is -2.27. The van der Waals surface area contributed by atoms with Gasteiger partial charge in [-0.3, -0.25) is 0 Å². The van der Waals surface area contributed by atoms with E-state index in [1.807, 2.05) is 0 Å². The maximum atomic E-state index is 13.4. The molecule has 1 aromatic rings. The SMILES string of the molecule is CCCCCCCOC(=O)[C@@H](C)Oc1nc(F)c(Cl)c(N)c1Cl. The van der Waals surface area contributed by atoms with Crippen molar-refractivity contribution in [3.05, 3.63) is 16.0 Å². The molecule has 0 aliphatic carbocycles. The molecule has 0 radical (unpaired) electrons. The van der Waals surface area contributed by atoms with Crippen molar-refractivity contribution >= 4 is 34.9 Å². The fourth-order valence-corrected chi connectivity index (χ4v) is 2.17. The van der Waals surface area contributed by atoms with Crippen molar-refractivity contribution in [3.63, 3.8) is 0 Å². The summed E-state index contributed by atoms with van der Waals surface area (Å²) in [5, 5.41) is -0.528. The van der Waals surface area contributed by atoms with E-state index in [1.165, 1.54) is 13.3 Å². The minimum absolute atomic E-state index is 0.143. The van der Waals surface area contributed by atoms with Crippen molar-refractivity contribution in [2.75, 3.05) is 12.3 Å². The van der Waals surface area contributed by atoms with Crippen molar-refractivity contribution in [2.24, 2.45) is 0 Å². The molecule has 1 aromatic heterocycles. The summed E-state index contributed by atoms with van der Waals surface area (Å²) in [4.78, 5) is 15.3. The predicted molar refractivity (Wildman–Crippen MR) is 88.4 cm³/mol. The van der Waals surface area contributed by atoms with Gasteiger partial charge in [-0.1, -0.05) is 55.8 Å². The summed E-state index contributed by atoms with van der Waals surface area (Å²) in [6.45, 7) is 3.90. The summed E-state index contributed by atoms with van der Waals surface area (Å²) in [5.41, 5.74) is 5.35. The molecule has 1 atom stereocenters. The van der Waals surface area contributed by atoms with Crippen LogP contribution >= 0.6 is 23.2 Å². The summed E-state index contributed by atoms with van der Waals surface area (Å²) >= 11 is 11.5. The number of unbranched alkanes of at least 4 members (excludes halogenated alkanes) is 4. The Morgan fingerprint density at radius 3 is 2.57 bits per heavy atom. The summed E-state index contributed by atoms with van der Waals surface area (Å²) in [7, 11) is 0. The van der Waals surface area contributed by atoms with Gasteiger partial charge in [0.05, 0.1) is 12.3 Å². The van der Waals surface area contributed by atoms with E-state index < -0.39 is 18.0 Å². The van der Waals surface area contributed by atoms with Crippen LogP contribution in [0.3, 0.4) is 0 Å². The van der Waals surface area contributed by atoms with Gasteiger partial charge in [0.15, 0.2) is 6.10 Å². The number of nitrogens with two attached hydrogens (primary N) is 1. The smallest absolute Gasteiger partial charge is 0.347 e. The molecule has 0 saturated carbocycles. The highest BCUT2D eigenvalue weighted by atomic mass is 35.5. The molecule has 0 unspecified atom stereocenters. The standard InChI is InChI=1S/C15H21Cl2FN2O3/c1-3-4-5-6-7-8-22-15(21)9(2)23-14-11(17)12(19)10(16)13(18)20-14/h9H,3-8H2,1-2H3,(H2,19,20)/t9-/m1/s1. The van der Waals surface area contributed by atoms with Crippen LogP contribution < -0.4 is 10.5 Å². The molecular weight excluding hydrogens is 346 g/mol. The fraction of sp³-hybridized carbons (Fsp3) is 0.600. The highest BCUT2D eigenvalue weighted by Crippen LogP contribution is 2.35. The zero-order valence-corrected chi connectivity index (χ0v) is 14.7. The minimum Gasteiger partial charge on any atom is -0.463 e. The van der Waals surface area contributed by atoms with E-state index in [1.54, 1.807) is 0 Å². The molecular formula is C15H21Cl2FN2O3. The fourth-order valence-electron chi connectivity index (χ4n) is 1.80. The number of nitrogens with zero attached hydrogens (tertiary/aromatic N) is 1. The van der Waals surface area contributed by atoms with E-state index in [-0.39, 0.29) is 21.6 Å². The molecule has 0 aliphatic rings. The minimum atomic E-state index is -1.01. The quantitative estimate of drug-likeness (QED) is 0.398.